The van der Waals surface area contributed by atoms with Crippen LogP contribution in [-0.4, -0.2) is 14.8 Å². The molecule has 4 nitrogen and oxygen atoms in total. The summed E-state index contributed by atoms with van der Waals surface area (Å²) in [4.78, 5) is 4.00. The molecule has 2 aromatic rings. The van der Waals surface area contributed by atoms with Crippen molar-refractivity contribution < 1.29 is 4.39 Å². The van der Waals surface area contributed by atoms with E-state index < -0.39 is 0 Å². The normalized spacial score (nSPS) is 10.7. The van der Waals surface area contributed by atoms with E-state index in [9.17, 15) is 4.39 Å². The van der Waals surface area contributed by atoms with Crippen molar-refractivity contribution in [2.24, 2.45) is 5.73 Å². The summed E-state index contributed by atoms with van der Waals surface area (Å²) in [5.74, 6) is 0.305. The molecule has 0 unspecified atom stereocenters. The van der Waals surface area contributed by atoms with Gasteiger partial charge in [0.15, 0.2) is 5.82 Å². The number of halogens is 2. The fourth-order valence-electron chi connectivity index (χ4n) is 1.39. The molecule has 0 amide bonds. The van der Waals surface area contributed by atoms with Crippen LogP contribution in [-0.2, 0) is 13.1 Å². The Kier molecular flexibility index (Phi) is 3.31. The minimum Gasteiger partial charge on any atom is -0.324 e. The van der Waals surface area contributed by atoms with Crippen LogP contribution >= 0.6 is 15.9 Å². The summed E-state index contributed by atoms with van der Waals surface area (Å²) in [5.41, 5.74) is 6.22. The van der Waals surface area contributed by atoms with E-state index in [4.69, 9.17) is 5.73 Å². The zero-order valence-corrected chi connectivity index (χ0v) is 9.98. The van der Waals surface area contributed by atoms with Crippen molar-refractivity contribution in [1.82, 2.24) is 14.8 Å². The van der Waals surface area contributed by atoms with E-state index in [1.165, 1.54) is 12.1 Å². The van der Waals surface area contributed by atoms with Crippen LogP contribution in [0.5, 0.6) is 0 Å². The van der Waals surface area contributed by atoms with Crippen molar-refractivity contribution in [1.29, 1.82) is 0 Å². The molecule has 0 spiro atoms. The van der Waals surface area contributed by atoms with Crippen LogP contribution < -0.4 is 5.73 Å². The number of nitrogens with zero attached hydrogens (tertiary/aromatic N) is 3. The second kappa shape index (κ2) is 4.71. The molecular weight excluding hydrogens is 275 g/mol. The topological polar surface area (TPSA) is 56.7 Å². The highest BCUT2D eigenvalue weighted by atomic mass is 79.9. The number of hydrogen-bond donors (Lipinski definition) is 1. The second-order valence-corrected chi connectivity index (χ2v) is 4.26. The molecule has 6 heteroatoms. The van der Waals surface area contributed by atoms with Crippen molar-refractivity contribution in [3.8, 4) is 0 Å². The van der Waals surface area contributed by atoms with Gasteiger partial charge >= 0.3 is 0 Å². The zero-order chi connectivity index (χ0) is 11.5. The average molecular weight is 285 g/mol. The molecule has 1 aromatic carbocycles. The molecule has 2 rings (SSSR count). The summed E-state index contributed by atoms with van der Waals surface area (Å²) >= 11 is 3.24. The van der Waals surface area contributed by atoms with E-state index >= 15 is 0 Å². The molecule has 1 heterocycles. The standard InChI is InChI=1S/C10H10BrFN4/c11-8-1-7(2-9(12)3-8)5-16-6-14-10(4-13)15-16/h1-3,6H,4-5,13H2. The smallest absolute Gasteiger partial charge is 0.164 e. The summed E-state index contributed by atoms with van der Waals surface area (Å²) in [6.07, 6.45) is 1.58. The Bertz CT molecular complexity index is 477. The van der Waals surface area contributed by atoms with E-state index in [0.29, 0.717) is 23.4 Å². The van der Waals surface area contributed by atoms with Gasteiger partial charge in [0, 0.05) is 4.47 Å². The van der Waals surface area contributed by atoms with Gasteiger partial charge in [0.05, 0.1) is 13.1 Å². The van der Waals surface area contributed by atoms with Crippen molar-refractivity contribution >= 4 is 15.9 Å². The third-order valence-electron chi connectivity index (χ3n) is 2.03. The van der Waals surface area contributed by atoms with Crippen molar-refractivity contribution in [3.63, 3.8) is 0 Å². The summed E-state index contributed by atoms with van der Waals surface area (Å²) in [7, 11) is 0. The number of nitrogens with two attached hydrogens (primary N) is 1. The molecule has 16 heavy (non-hydrogen) atoms. The fourth-order valence-corrected chi connectivity index (χ4v) is 1.90. The van der Waals surface area contributed by atoms with Gasteiger partial charge in [-0.15, -0.1) is 0 Å². The summed E-state index contributed by atoms with van der Waals surface area (Å²) in [5, 5.41) is 4.13. The van der Waals surface area contributed by atoms with Gasteiger partial charge in [-0.25, -0.2) is 14.1 Å². The molecule has 0 aliphatic rings. The van der Waals surface area contributed by atoms with E-state index in [2.05, 4.69) is 26.0 Å². The predicted octanol–water partition coefficient (Wildman–Crippen LogP) is 1.69. The lowest BCUT2D eigenvalue weighted by Crippen LogP contribution is -2.03. The maximum atomic E-state index is 13.1. The van der Waals surface area contributed by atoms with Gasteiger partial charge in [-0.1, -0.05) is 15.9 Å². The molecule has 2 N–H and O–H groups in total. The molecule has 0 saturated carbocycles. The Morgan fingerprint density at radius 1 is 1.38 bits per heavy atom. The van der Waals surface area contributed by atoms with Gasteiger partial charge in [0.25, 0.3) is 0 Å². The average Bonchev–Trinajstić information content (AvgIpc) is 2.64. The number of benzene rings is 1. The molecule has 0 saturated heterocycles. The van der Waals surface area contributed by atoms with Crippen LogP contribution in [0.25, 0.3) is 0 Å². The highest BCUT2D eigenvalue weighted by Crippen LogP contribution is 2.15. The minimum atomic E-state index is -0.275. The molecule has 0 atom stereocenters. The van der Waals surface area contributed by atoms with Crippen LogP contribution in [0.2, 0.25) is 0 Å². The molecule has 0 aliphatic heterocycles. The van der Waals surface area contributed by atoms with Crippen LogP contribution in [0.4, 0.5) is 4.39 Å². The first-order valence-electron chi connectivity index (χ1n) is 4.71. The van der Waals surface area contributed by atoms with Crippen LogP contribution in [0.1, 0.15) is 11.4 Å². The monoisotopic (exact) mass is 284 g/mol. The van der Waals surface area contributed by atoms with Crippen molar-refractivity contribution in [2.45, 2.75) is 13.1 Å². The fraction of sp³-hybridized carbons (Fsp3) is 0.200. The number of rotatable bonds is 3. The summed E-state index contributed by atoms with van der Waals surface area (Å²) in [6.45, 7) is 0.781. The van der Waals surface area contributed by atoms with Crippen LogP contribution in [0, 0.1) is 5.82 Å². The summed E-state index contributed by atoms with van der Waals surface area (Å²) in [6, 6.07) is 4.72. The quantitative estimate of drug-likeness (QED) is 0.933. The molecule has 0 aliphatic carbocycles. The SMILES string of the molecule is NCc1ncn(Cc2cc(F)cc(Br)c2)n1. The van der Waals surface area contributed by atoms with E-state index in [1.807, 2.05) is 6.07 Å². The van der Waals surface area contributed by atoms with Gasteiger partial charge in [-0.2, -0.15) is 5.10 Å². The van der Waals surface area contributed by atoms with Crippen LogP contribution in [0.3, 0.4) is 0 Å². The van der Waals surface area contributed by atoms with Gasteiger partial charge in [0.2, 0.25) is 0 Å². The minimum absolute atomic E-state index is 0.275. The largest absolute Gasteiger partial charge is 0.324 e. The Morgan fingerprint density at radius 2 is 2.19 bits per heavy atom. The van der Waals surface area contributed by atoms with Gasteiger partial charge < -0.3 is 5.73 Å². The zero-order valence-electron chi connectivity index (χ0n) is 8.40. The van der Waals surface area contributed by atoms with Gasteiger partial charge in [0.1, 0.15) is 12.1 Å². The Balaban J connectivity index is 2.19. The number of aromatic nitrogens is 3. The maximum Gasteiger partial charge on any atom is 0.164 e. The summed E-state index contributed by atoms with van der Waals surface area (Å²) < 4.78 is 15.4. The lowest BCUT2D eigenvalue weighted by atomic mass is 10.2. The predicted molar refractivity (Wildman–Crippen MR) is 61.1 cm³/mol. The van der Waals surface area contributed by atoms with Crippen molar-refractivity contribution in [2.75, 3.05) is 0 Å². The molecule has 0 bridgehead atoms. The molecule has 0 fully saturated rings. The first-order valence-corrected chi connectivity index (χ1v) is 5.50. The van der Waals surface area contributed by atoms with E-state index in [1.54, 1.807) is 11.0 Å². The van der Waals surface area contributed by atoms with Gasteiger partial charge in [-0.3, -0.25) is 0 Å². The first-order chi connectivity index (χ1) is 7.67. The molecule has 0 radical (unpaired) electrons. The van der Waals surface area contributed by atoms with Crippen molar-refractivity contribution in [3.05, 3.63) is 46.2 Å². The molecule has 1 aromatic heterocycles. The lowest BCUT2D eigenvalue weighted by Gasteiger charge is -2.02. The molecule has 84 valence electrons. The third kappa shape index (κ3) is 2.65. The second-order valence-electron chi connectivity index (χ2n) is 3.34. The van der Waals surface area contributed by atoms with Gasteiger partial charge in [-0.05, 0) is 23.8 Å². The number of hydrogen-bond acceptors (Lipinski definition) is 3. The van der Waals surface area contributed by atoms with Crippen LogP contribution in [0.15, 0.2) is 29.0 Å². The Labute approximate surface area is 100 Å². The maximum absolute atomic E-state index is 13.1. The van der Waals surface area contributed by atoms with E-state index in [0.717, 1.165) is 5.56 Å². The highest BCUT2D eigenvalue weighted by molar-refractivity contribution is 9.10. The molecular formula is C10H10BrFN4. The van der Waals surface area contributed by atoms with E-state index in [-0.39, 0.29) is 5.82 Å². The lowest BCUT2D eigenvalue weighted by molar-refractivity contribution is 0.617. The first kappa shape index (κ1) is 11.2. The highest BCUT2D eigenvalue weighted by Gasteiger charge is 2.02. The Morgan fingerprint density at radius 3 is 2.81 bits per heavy atom. The third-order valence-corrected chi connectivity index (χ3v) is 2.49. The Hall–Kier alpha value is -1.27.